The highest BCUT2D eigenvalue weighted by Crippen LogP contribution is 2.51. The van der Waals surface area contributed by atoms with Gasteiger partial charge in [-0.1, -0.05) is 133 Å². The summed E-state index contributed by atoms with van der Waals surface area (Å²) in [6.07, 6.45) is 0. The molecule has 0 aliphatic heterocycles. The molecule has 340 valence electrons. The normalized spacial score (nSPS) is 11.6. The van der Waals surface area contributed by atoms with Crippen LogP contribution in [0.1, 0.15) is 0 Å². The largest absolute Gasteiger partial charge is 0.455 e. The number of hydrogen-bond donors (Lipinski definition) is 0. The average molecular weight is 927 g/mol. The van der Waals surface area contributed by atoms with Crippen LogP contribution in [-0.2, 0) is 0 Å². The van der Waals surface area contributed by atoms with Crippen molar-refractivity contribution in [2.24, 2.45) is 0 Å². The van der Waals surface area contributed by atoms with Gasteiger partial charge in [-0.05, 0) is 121 Å². The molecule has 10 aromatic carbocycles. The maximum Gasteiger partial charge on any atom is 0.147 e. The number of para-hydroxylation sites is 4. The van der Waals surface area contributed by atoms with E-state index in [-0.39, 0.29) is 0 Å². The SMILES string of the molecule is c1ccc(-c2cc3c4oc(-c5ccc(N(c6ccccc6)c6ccccc6)cc5)cc4c4c5oc(-c6ccccc6)cc5c5oc(-c6ccc(N(c7ccccc7)c7ccccc7)cc6)cc5c4c3o2)cc1. The molecule has 72 heavy (non-hydrogen) atoms. The van der Waals surface area contributed by atoms with Gasteiger partial charge in [-0.2, -0.15) is 0 Å². The quantitative estimate of drug-likeness (QED) is 0.136. The Morgan fingerprint density at radius 3 is 0.750 bits per heavy atom. The predicted molar refractivity (Wildman–Crippen MR) is 294 cm³/mol. The number of rotatable bonds is 10. The van der Waals surface area contributed by atoms with Gasteiger partial charge < -0.3 is 27.5 Å². The van der Waals surface area contributed by atoms with Crippen molar-refractivity contribution in [1.82, 2.24) is 0 Å². The summed E-state index contributed by atoms with van der Waals surface area (Å²) >= 11 is 0. The molecule has 14 aromatic rings. The number of anilines is 6. The van der Waals surface area contributed by atoms with E-state index in [0.717, 1.165) is 123 Å². The highest BCUT2D eigenvalue weighted by Gasteiger charge is 2.28. The molecule has 0 N–H and O–H groups in total. The molecule has 0 bridgehead atoms. The fourth-order valence-electron chi connectivity index (χ4n) is 10.3. The molecule has 0 amide bonds. The van der Waals surface area contributed by atoms with E-state index in [0.29, 0.717) is 11.2 Å². The monoisotopic (exact) mass is 926 g/mol. The van der Waals surface area contributed by atoms with E-state index in [1.165, 1.54) is 0 Å². The van der Waals surface area contributed by atoms with E-state index in [4.69, 9.17) is 17.7 Å². The van der Waals surface area contributed by atoms with Crippen LogP contribution in [0.25, 0.3) is 99.9 Å². The molecule has 0 saturated carbocycles. The number of nitrogens with zero attached hydrogens (tertiary/aromatic N) is 2. The first-order valence-electron chi connectivity index (χ1n) is 24.1. The Bertz CT molecular complexity index is 3860. The smallest absolute Gasteiger partial charge is 0.147 e. The van der Waals surface area contributed by atoms with Crippen molar-refractivity contribution in [2.75, 3.05) is 9.80 Å². The lowest BCUT2D eigenvalue weighted by atomic mass is 9.97. The van der Waals surface area contributed by atoms with Gasteiger partial charge in [0.2, 0.25) is 0 Å². The fourth-order valence-corrected chi connectivity index (χ4v) is 10.3. The lowest BCUT2D eigenvalue weighted by Gasteiger charge is -2.25. The summed E-state index contributed by atoms with van der Waals surface area (Å²) in [7, 11) is 0. The van der Waals surface area contributed by atoms with Gasteiger partial charge in [0.1, 0.15) is 45.4 Å². The Kier molecular flexibility index (Phi) is 9.74. The average Bonchev–Trinajstić information content (AvgIpc) is 4.29. The maximum atomic E-state index is 7.07. The molecule has 0 fully saturated rings. The standard InChI is InChI=1S/C66H42N2O4/c1-7-19-43(20-8-1)59-41-55-63-54(40-57(69-63)45-31-35-51(36-32-45)67(47-23-11-3-12-24-47)48-25-13-4-14-26-48)62-61(65(55)71-59)53-39-58(70-64(53)56-42-60(72-66(56)62)44-21-9-2-10-22-44)46-33-37-52(38-34-46)68(49-27-15-5-16-28-49)50-29-17-6-18-30-50/h1-42H. The first-order valence-corrected chi connectivity index (χ1v) is 24.1. The third kappa shape index (κ3) is 6.96. The third-order valence-electron chi connectivity index (χ3n) is 13.7. The second kappa shape index (κ2) is 17.0. The van der Waals surface area contributed by atoms with Gasteiger partial charge in [-0.15, -0.1) is 0 Å². The fraction of sp³-hybridized carbons (Fsp3) is 0. The zero-order valence-electron chi connectivity index (χ0n) is 38.8. The van der Waals surface area contributed by atoms with Crippen molar-refractivity contribution in [3.05, 3.63) is 255 Å². The Morgan fingerprint density at radius 1 is 0.208 bits per heavy atom. The second-order valence-corrected chi connectivity index (χ2v) is 18.0. The summed E-state index contributed by atoms with van der Waals surface area (Å²) in [5, 5.41) is 5.35. The maximum absolute atomic E-state index is 7.07. The Morgan fingerprint density at radius 2 is 0.444 bits per heavy atom. The van der Waals surface area contributed by atoms with Crippen LogP contribution in [0.3, 0.4) is 0 Å². The molecular formula is C66H42N2O4. The number of fused-ring (bicyclic) bond motifs is 11. The van der Waals surface area contributed by atoms with E-state index in [9.17, 15) is 0 Å². The minimum atomic E-state index is 0.697. The van der Waals surface area contributed by atoms with Crippen molar-refractivity contribution in [3.8, 4) is 45.3 Å². The Labute approximate surface area is 414 Å². The van der Waals surface area contributed by atoms with Gasteiger partial charge in [0, 0.05) is 77.9 Å². The molecule has 0 spiro atoms. The summed E-state index contributed by atoms with van der Waals surface area (Å²) < 4.78 is 28.2. The van der Waals surface area contributed by atoms with Crippen molar-refractivity contribution < 1.29 is 17.7 Å². The van der Waals surface area contributed by atoms with Crippen LogP contribution in [0.2, 0.25) is 0 Å². The Balaban J connectivity index is 0.982. The number of hydrogen-bond acceptors (Lipinski definition) is 6. The minimum Gasteiger partial charge on any atom is -0.455 e. The van der Waals surface area contributed by atoms with Crippen LogP contribution in [0, 0.1) is 0 Å². The van der Waals surface area contributed by atoms with Crippen molar-refractivity contribution in [1.29, 1.82) is 0 Å². The van der Waals surface area contributed by atoms with E-state index in [1.807, 2.05) is 60.7 Å². The summed E-state index contributed by atoms with van der Waals surface area (Å²) in [5.74, 6) is 2.94. The molecule has 4 aromatic heterocycles. The first kappa shape index (κ1) is 41.2. The van der Waals surface area contributed by atoms with Gasteiger partial charge in [-0.25, -0.2) is 0 Å². The lowest BCUT2D eigenvalue weighted by Crippen LogP contribution is -2.09. The summed E-state index contributed by atoms with van der Waals surface area (Å²) in [6, 6.07) is 87.9. The van der Waals surface area contributed by atoms with Crippen LogP contribution in [0.15, 0.2) is 272 Å². The van der Waals surface area contributed by atoms with Gasteiger partial charge >= 0.3 is 0 Å². The van der Waals surface area contributed by atoms with Crippen LogP contribution in [-0.4, -0.2) is 0 Å². The zero-order chi connectivity index (χ0) is 47.5. The molecule has 0 aliphatic carbocycles. The van der Waals surface area contributed by atoms with Gasteiger partial charge in [0.25, 0.3) is 0 Å². The molecule has 14 rings (SSSR count). The highest BCUT2D eigenvalue weighted by molar-refractivity contribution is 6.37. The van der Waals surface area contributed by atoms with Crippen molar-refractivity contribution in [2.45, 2.75) is 0 Å². The molecule has 0 atom stereocenters. The molecule has 0 radical (unpaired) electrons. The van der Waals surface area contributed by atoms with Gasteiger partial charge in [0.15, 0.2) is 0 Å². The third-order valence-corrected chi connectivity index (χ3v) is 13.7. The molecule has 4 heterocycles. The van der Waals surface area contributed by atoms with Crippen LogP contribution >= 0.6 is 0 Å². The second-order valence-electron chi connectivity index (χ2n) is 18.0. The van der Waals surface area contributed by atoms with Crippen molar-refractivity contribution in [3.63, 3.8) is 0 Å². The predicted octanol–water partition coefficient (Wildman–Crippen LogP) is 19.4. The summed E-state index contributed by atoms with van der Waals surface area (Å²) in [6.45, 7) is 0. The molecule has 6 nitrogen and oxygen atoms in total. The first-order chi connectivity index (χ1) is 35.7. The number of benzene rings is 10. The number of furan rings is 4. The Hall–Kier alpha value is -9.78. The molecular weight excluding hydrogens is 885 g/mol. The summed E-state index contributed by atoms with van der Waals surface area (Å²) in [4.78, 5) is 4.52. The highest BCUT2D eigenvalue weighted by atomic mass is 16.4. The molecule has 6 heteroatoms. The van der Waals surface area contributed by atoms with E-state index in [2.05, 4.69) is 204 Å². The molecule has 0 saturated heterocycles. The van der Waals surface area contributed by atoms with Crippen molar-refractivity contribution >= 4 is 88.8 Å². The topological polar surface area (TPSA) is 59.0 Å². The molecule has 0 aliphatic rings. The summed E-state index contributed by atoms with van der Waals surface area (Å²) in [5.41, 5.74) is 13.0. The van der Waals surface area contributed by atoms with Crippen LogP contribution in [0.4, 0.5) is 34.1 Å². The van der Waals surface area contributed by atoms with Gasteiger partial charge in [-0.3, -0.25) is 0 Å². The van der Waals surface area contributed by atoms with Gasteiger partial charge in [0.05, 0.1) is 10.8 Å². The zero-order valence-corrected chi connectivity index (χ0v) is 38.8. The van der Waals surface area contributed by atoms with Crippen LogP contribution < -0.4 is 9.80 Å². The van der Waals surface area contributed by atoms with E-state index in [1.54, 1.807) is 0 Å². The lowest BCUT2D eigenvalue weighted by molar-refractivity contribution is 0.626. The molecule has 0 unspecified atom stereocenters. The van der Waals surface area contributed by atoms with E-state index >= 15 is 0 Å². The minimum absolute atomic E-state index is 0.697. The van der Waals surface area contributed by atoms with E-state index < -0.39 is 0 Å². The van der Waals surface area contributed by atoms with Crippen LogP contribution in [0.5, 0.6) is 0 Å².